The van der Waals surface area contributed by atoms with Gasteiger partial charge in [0.25, 0.3) is 0 Å². The van der Waals surface area contributed by atoms with Crippen LogP contribution in [0.5, 0.6) is 5.75 Å². The molecule has 19 heavy (non-hydrogen) atoms. The molecular formula is C14H18N2OS2. The number of ether oxygens (including phenoxy) is 1. The van der Waals surface area contributed by atoms with Crippen LogP contribution in [0.4, 0.5) is 0 Å². The number of rotatable bonds is 6. The SMILES string of the molecule is CNC(c1ccc(OC)cc1)C(C)Sc1nccs1. The van der Waals surface area contributed by atoms with Crippen LogP contribution in [-0.4, -0.2) is 24.4 Å². The molecule has 1 aromatic carbocycles. The van der Waals surface area contributed by atoms with Crippen LogP contribution in [0.25, 0.3) is 0 Å². The van der Waals surface area contributed by atoms with E-state index in [9.17, 15) is 0 Å². The molecule has 102 valence electrons. The molecule has 1 heterocycles. The van der Waals surface area contributed by atoms with Crippen molar-refractivity contribution in [2.24, 2.45) is 0 Å². The van der Waals surface area contributed by atoms with E-state index in [1.54, 1.807) is 30.2 Å². The first-order valence-corrected chi connectivity index (χ1v) is 7.88. The fourth-order valence-electron chi connectivity index (χ4n) is 1.98. The van der Waals surface area contributed by atoms with Gasteiger partial charge in [0.15, 0.2) is 0 Å². The Morgan fingerprint density at radius 1 is 1.32 bits per heavy atom. The van der Waals surface area contributed by atoms with E-state index in [2.05, 4.69) is 29.4 Å². The molecule has 2 aromatic rings. The first-order valence-electron chi connectivity index (χ1n) is 6.12. The molecule has 2 rings (SSSR count). The van der Waals surface area contributed by atoms with E-state index in [4.69, 9.17) is 4.74 Å². The Bertz CT molecular complexity index is 485. The van der Waals surface area contributed by atoms with Gasteiger partial charge in [-0.2, -0.15) is 0 Å². The summed E-state index contributed by atoms with van der Waals surface area (Å²) in [6.45, 7) is 2.22. The average Bonchev–Trinajstić information content (AvgIpc) is 2.93. The molecule has 3 nitrogen and oxygen atoms in total. The summed E-state index contributed by atoms with van der Waals surface area (Å²) >= 11 is 3.49. The van der Waals surface area contributed by atoms with Crippen molar-refractivity contribution in [2.75, 3.05) is 14.2 Å². The quantitative estimate of drug-likeness (QED) is 0.826. The Labute approximate surface area is 122 Å². The number of benzene rings is 1. The number of nitrogens with zero attached hydrogens (tertiary/aromatic N) is 1. The van der Waals surface area contributed by atoms with Gasteiger partial charge in [0.05, 0.1) is 7.11 Å². The third-order valence-corrected chi connectivity index (χ3v) is 5.04. The topological polar surface area (TPSA) is 34.1 Å². The molecule has 0 spiro atoms. The van der Waals surface area contributed by atoms with E-state index in [1.807, 2.05) is 30.8 Å². The summed E-state index contributed by atoms with van der Waals surface area (Å²) in [5, 5.41) is 5.80. The normalized spacial score (nSPS) is 14.1. The number of thiazole rings is 1. The molecule has 0 aliphatic heterocycles. The van der Waals surface area contributed by atoms with E-state index in [1.165, 1.54) is 5.56 Å². The van der Waals surface area contributed by atoms with Gasteiger partial charge >= 0.3 is 0 Å². The summed E-state index contributed by atoms with van der Waals surface area (Å²) < 4.78 is 6.31. The Morgan fingerprint density at radius 2 is 2.05 bits per heavy atom. The zero-order chi connectivity index (χ0) is 13.7. The monoisotopic (exact) mass is 294 g/mol. The molecule has 2 unspecified atom stereocenters. The number of aromatic nitrogens is 1. The van der Waals surface area contributed by atoms with Gasteiger partial charge in [-0.05, 0) is 24.7 Å². The first kappa shape index (κ1) is 14.4. The molecule has 0 amide bonds. The highest BCUT2D eigenvalue weighted by atomic mass is 32.2. The maximum atomic E-state index is 5.19. The third-order valence-electron chi connectivity index (χ3n) is 2.95. The number of nitrogens with one attached hydrogen (secondary N) is 1. The summed E-state index contributed by atoms with van der Waals surface area (Å²) in [7, 11) is 3.68. The molecule has 0 aliphatic rings. The van der Waals surface area contributed by atoms with Crippen LogP contribution in [0.1, 0.15) is 18.5 Å². The van der Waals surface area contributed by atoms with Crippen LogP contribution in [0, 0.1) is 0 Å². The van der Waals surface area contributed by atoms with E-state index < -0.39 is 0 Å². The zero-order valence-electron chi connectivity index (χ0n) is 11.3. The van der Waals surface area contributed by atoms with Gasteiger partial charge in [0, 0.05) is 22.9 Å². The minimum absolute atomic E-state index is 0.291. The predicted molar refractivity (Wildman–Crippen MR) is 82.2 cm³/mol. The number of hydrogen-bond acceptors (Lipinski definition) is 5. The number of hydrogen-bond donors (Lipinski definition) is 1. The van der Waals surface area contributed by atoms with Crippen LogP contribution in [0.3, 0.4) is 0 Å². The van der Waals surface area contributed by atoms with Crippen LogP contribution in [0.15, 0.2) is 40.2 Å². The zero-order valence-corrected chi connectivity index (χ0v) is 12.9. The van der Waals surface area contributed by atoms with Crippen molar-refractivity contribution >= 4 is 23.1 Å². The smallest absolute Gasteiger partial charge is 0.150 e. The van der Waals surface area contributed by atoms with Gasteiger partial charge in [-0.25, -0.2) is 4.98 Å². The lowest BCUT2D eigenvalue weighted by Gasteiger charge is -2.23. The van der Waals surface area contributed by atoms with E-state index in [0.29, 0.717) is 11.3 Å². The minimum Gasteiger partial charge on any atom is -0.497 e. The molecular weight excluding hydrogens is 276 g/mol. The second kappa shape index (κ2) is 6.93. The van der Waals surface area contributed by atoms with Crippen molar-refractivity contribution in [2.45, 2.75) is 22.6 Å². The summed E-state index contributed by atoms with van der Waals surface area (Å²) in [4.78, 5) is 4.33. The maximum Gasteiger partial charge on any atom is 0.150 e. The fourth-order valence-corrected chi connectivity index (χ4v) is 4.05. The Morgan fingerprint density at radius 3 is 2.58 bits per heavy atom. The van der Waals surface area contributed by atoms with Crippen molar-refractivity contribution in [3.63, 3.8) is 0 Å². The highest BCUT2D eigenvalue weighted by molar-refractivity contribution is 8.01. The van der Waals surface area contributed by atoms with E-state index in [0.717, 1.165) is 10.1 Å². The fraction of sp³-hybridized carbons (Fsp3) is 0.357. The number of methoxy groups -OCH3 is 1. The second-order valence-electron chi connectivity index (χ2n) is 4.16. The van der Waals surface area contributed by atoms with Gasteiger partial charge in [-0.15, -0.1) is 11.3 Å². The summed E-state index contributed by atoms with van der Waals surface area (Å²) in [5.74, 6) is 0.888. The minimum atomic E-state index is 0.291. The maximum absolute atomic E-state index is 5.19. The van der Waals surface area contributed by atoms with Crippen LogP contribution in [0.2, 0.25) is 0 Å². The second-order valence-corrected chi connectivity index (χ2v) is 6.68. The molecule has 0 radical (unpaired) electrons. The van der Waals surface area contributed by atoms with Crippen molar-refractivity contribution in [3.8, 4) is 5.75 Å². The lowest BCUT2D eigenvalue weighted by atomic mass is 10.0. The van der Waals surface area contributed by atoms with Gasteiger partial charge in [0.1, 0.15) is 10.1 Å². The highest BCUT2D eigenvalue weighted by Crippen LogP contribution is 2.33. The lowest BCUT2D eigenvalue weighted by Crippen LogP contribution is -2.25. The molecule has 0 saturated carbocycles. The van der Waals surface area contributed by atoms with Crippen molar-refractivity contribution < 1.29 is 4.74 Å². The highest BCUT2D eigenvalue weighted by Gasteiger charge is 2.19. The van der Waals surface area contributed by atoms with Crippen molar-refractivity contribution in [3.05, 3.63) is 41.4 Å². The summed E-state index contributed by atoms with van der Waals surface area (Å²) in [6.07, 6.45) is 1.85. The van der Waals surface area contributed by atoms with E-state index >= 15 is 0 Å². The Balaban J connectivity index is 2.09. The summed E-state index contributed by atoms with van der Waals surface area (Å²) in [5.41, 5.74) is 1.26. The third kappa shape index (κ3) is 3.72. The molecule has 0 saturated heterocycles. The van der Waals surface area contributed by atoms with E-state index in [-0.39, 0.29) is 0 Å². The first-order chi connectivity index (χ1) is 9.24. The molecule has 0 fully saturated rings. The van der Waals surface area contributed by atoms with Gasteiger partial charge in [0.2, 0.25) is 0 Å². The molecule has 0 aliphatic carbocycles. The van der Waals surface area contributed by atoms with Gasteiger partial charge in [-0.3, -0.25) is 0 Å². The van der Waals surface area contributed by atoms with Crippen LogP contribution >= 0.6 is 23.1 Å². The molecule has 5 heteroatoms. The Hall–Kier alpha value is -1.04. The predicted octanol–water partition coefficient (Wildman–Crippen LogP) is 3.59. The molecule has 0 bridgehead atoms. The van der Waals surface area contributed by atoms with Crippen LogP contribution < -0.4 is 10.1 Å². The summed E-state index contributed by atoms with van der Waals surface area (Å²) in [6, 6.07) is 8.51. The van der Waals surface area contributed by atoms with Crippen LogP contribution in [-0.2, 0) is 0 Å². The molecule has 2 atom stereocenters. The molecule has 1 N–H and O–H groups in total. The Kier molecular flexibility index (Phi) is 5.24. The van der Waals surface area contributed by atoms with Gasteiger partial charge in [-0.1, -0.05) is 30.8 Å². The van der Waals surface area contributed by atoms with Gasteiger partial charge < -0.3 is 10.1 Å². The lowest BCUT2D eigenvalue weighted by molar-refractivity contribution is 0.414. The van der Waals surface area contributed by atoms with Crippen molar-refractivity contribution in [1.29, 1.82) is 0 Å². The molecule has 1 aromatic heterocycles. The largest absolute Gasteiger partial charge is 0.497 e. The number of thioether (sulfide) groups is 1. The average molecular weight is 294 g/mol. The standard InChI is InChI=1S/C14H18N2OS2/c1-10(19-14-16-8-9-18-14)13(15-2)11-4-6-12(17-3)7-5-11/h4-10,13,15H,1-3H3. The van der Waals surface area contributed by atoms with Crippen molar-refractivity contribution in [1.82, 2.24) is 10.3 Å².